The Morgan fingerprint density at radius 1 is 1.39 bits per heavy atom. The van der Waals surface area contributed by atoms with Crippen LogP contribution in [0.25, 0.3) is 0 Å². The Kier molecular flexibility index (Phi) is 8.86. The van der Waals surface area contributed by atoms with E-state index in [0.717, 1.165) is 0 Å². The van der Waals surface area contributed by atoms with Gasteiger partial charge in [-0.2, -0.15) is 0 Å². The molecule has 0 aromatic rings. The number of carboxylic acids is 1. The topological polar surface area (TPSA) is 95.9 Å². The molecule has 0 aromatic carbocycles. The summed E-state index contributed by atoms with van der Waals surface area (Å²) in [5.41, 5.74) is 0. The number of rotatable bonds is 9. The zero-order chi connectivity index (χ0) is 14.0. The molecule has 0 aliphatic carbocycles. The van der Waals surface area contributed by atoms with Crippen molar-refractivity contribution in [3.05, 3.63) is 12.2 Å². The maximum Gasteiger partial charge on any atom is 0.306 e. The van der Waals surface area contributed by atoms with E-state index in [0.29, 0.717) is 6.54 Å². The third-order valence-corrected chi connectivity index (χ3v) is 2.24. The molecular weight excluding hydrogens is 238 g/mol. The monoisotopic (exact) mass is 259 g/mol. The molecule has 0 fully saturated rings. The van der Waals surface area contributed by atoms with E-state index in [-0.39, 0.29) is 25.5 Å². The van der Waals surface area contributed by atoms with Crippen molar-refractivity contribution in [1.82, 2.24) is 5.32 Å². The summed E-state index contributed by atoms with van der Waals surface area (Å²) in [5, 5.41) is 21.1. The Labute approximate surface area is 107 Å². The van der Waals surface area contributed by atoms with Crippen molar-refractivity contribution in [2.75, 3.05) is 13.2 Å². The summed E-state index contributed by atoms with van der Waals surface area (Å²) in [6, 6.07) is -0.389. The molecule has 3 N–H and O–H groups in total. The molecule has 0 heterocycles. The zero-order valence-electron chi connectivity index (χ0n) is 10.8. The van der Waals surface area contributed by atoms with Crippen molar-refractivity contribution in [1.29, 1.82) is 0 Å². The van der Waals surface area contributed by atoms with Crippen LogP contribution in [-0.4, -0.2) is 47.4 Å². The largest absolute Gasteiger partial charge is 0.481 e. The standard InChI is InChI=1S/C12H21NO5/c1-3-5-10(14)9(13-4-2)8-18-12(17)7-6-11(15)16/h3,5,9-10,13-14H,4,6-8H2,1-2H3,(H,15,16)/b5-3+/t9-,10-/m0/s1. The van der Waals surface area contributed by atoms with E-state index in [2.05, 4.69) is 5.32 Å². The second-order valence-electron chi connectivity index (χ2n) is 3.76. The molecule has 2 atom stereocenters. The number of hydrogen-bond acceptors (Lipinski definition) is 5. The Balaban J connectivity index is 4.09. The van der Waals surface area contributed by atoms with Gasteiger partial charge in [0.2, 0.25) is 0 Å². The summed E-state index contributed by atoms with van der Waals surface area (Å²) in [7, 11) is 0. The molecule has 18 heavy (non-hydrogen) atoms. The predicted molar refractivity (Wildman–Crippen MR) is 66.1 cm³/mol. The number of aliphatic hydroxyl groups is 1. The van der Waals surface area contributed by atoms with Gasteiger partial charge in [0.05, 0.1) is 25.0 Å². The van der Waals surface area contributed by atoms with Crippen LogP contribution in [0, 0.1) is 0 Å². The second-order valence-corrected chi connectivity index (χ2v) is 3.76. The number of allylic oxidation sites excluding steroid dienone is 1. The number of ether oxygens (including phenoxy) is 1. The van der Waals surface area contributed by atoms with Crippen molar-refractivity contribution >= 4 is 11.9 Å². The van der Waals surface area contributed by atoms with E-state index in [1.54, 1.807) is 19.1 Å². The minimum atomic E-state index is -1.04. The van der Waals surface area contributed by atoms with Gasteiger partial charge in [0, 0.05) is 0 Å². The number of aliphatic carboxylic acids is 1. The number of hydrogen-bond donors (Lipinski definition) is 3. The Morgan fingerprint density at radius 3 is 2.56 bits per heavy atom. The molecule has 0 amide bonds. The highest BCUT2D eigenvalue weighted by molar-refractivity contribution is 5.76. The molecule has 0 bridgehead atoms. The first-order valence-corrected chi connectivity index (χ1v) is 5.92. The van der Waals surface area contributed by atoms with E-state index in [1.807, 2.05) is 6.92 Å². The molecule has 0 saturated heterocycles. The smallest absolute Gasteiger partial charge is 0.306 e. The van der Waals surface area contributed by atoms with Crippen LogP contribution in [0.4, 0.5) is 0 Å². The van der Waals surface area contributed by atoms with Gasteiger partial charge in [-0.1, -0.05) is 19.1 Å². The van der Waals surface area contributed by atoms with E-state index in [9.17, 15) is 14.7 Å². The molecule has 0 rings (SSSR count). The van der Waals surface area contributed by atoms with Gasteiger partial charge in [0.25, 0.3) is 0 Å². The minimum Gasteiger partial charge on any atom is -0.481 e. The van der Waals surface area contributed by atoms with Crippen LogP contribution in [0.15, 0.2) is 12.2 Å². The van der Waals surface area contributed by atoms with Crippen molar-refractivity contribution < 1.29 is 24.5 Å². The fourth-order valence-electron chi connectivity index (χ4n) is 1.34. The van der Waals surface area contributed by atoms with Crippen molar-refractivity contribution in [2.24, 2.45) is 0 Å². The van der Waals surface area contributed by atoms with Crippen LogP contribution < -0.4 is 5.32 Å². The molecule has 0 unspecified atom stereocenters. The molecule has 0 aliphatic heterocycles. The van der Waals surface area contributed by atoms with Gasteiger partial charge in [0.1, 0.15) is 6.61 Å². The molecule has 6 nitrogen and oxygen atoms in total. The quantitative estimate of drug-likeness (QED) is 0.407. The van der Waals surface area contributed by atoms with Crippen LogP contribution in [-0.2, 0) is 14.3 Å². The lowest BCUT2D eigenvalue weighted by Gasteiger charge is -2.21. The van der Waals surface area contributed by atoms with E-state index < -0.39 is 18.0 Å². The average molecular weight is 259 g/mol. The van der Waals surface area contributed by atoms with Crippen LogP contribution in [0.3, 0.4) is 0 Å². The minimum absolute atomic E-state index is 0.0117. The fourth-order valence-corrected chi connectivity index (χ4v) is 1.34. The molecule has 104 valence electrons. The van der Waals surface area contributed by atoms with Crippen LogP contribution >= 0.6 is 0 Å². The van der Waals surface area contributed by atoms with Crippen LogP contribution in [0.5, 0.6) is 0 Å². The first-order chi connectivity index (χ1) is 8.51. The fraction of sp³-hybridized carbons (Fsp3) is 0.667. The van der Waals surface area contributed by atoms with Gasteiger partial charge in [-0.3, -0.25) is 9.59 Å². The maximum absolute atomic E-state index is 11.2. The number of likely N-dealkylation sites (N-methyl/N-ethyl adjacent to an activating group) is 1. The average Bonchev–Trinajstić information content (AvgIpc) is 2.32. The predicted octanol–water partition coefficient (Wildman–Crippen LogP) is 0.310. The number of carbonyl (C=O) groups excluding carboxylic acids is 1. The molecule has 0 saturated carbocycles. The lowest BCUT2D eigenvalue weighted by Crippen LogP contribution is -2.43. The highest BCUT2D eigenvalue weighted by Gasteiger charge is 2.17. The molecular formula is C12H21NO5. The van der Waals surface area contributed by atoms with Crippen LogP contribution in [0.2, 0.25) is 0 Å². The second kappa shape index (κ2) is 9.61. The first-order valence-electron chi connectivity index (χ1n) is 5.92. The van der Waals surface area contributed by atoms with Crippen molar-refractivity contribution in [3.8, 4) is 0 Å². The van der Waals surface area contributed by atoms with Gasteiger partial charge in [0.15, 0.2) is 0 Å². The number of aliphatic hydroxyl groups excluding tert-OH is 1. The number of carbonyl (C=O) groups is 2. The third kappa shape index (κ3) is 7.81. The zero-order valence-corrected chi connectivity index (χ0v) is 10.8. The lowest BCUT2D eigenvalue weighted by molar-refractivity contribution is -0.148. The lowest BCUT2D eigenvalue weighted by atomic mass is 10.1. The van der Waals surface area contributed by atoms with E-state index in [4.69, 9.17) is 9.84 Å². The van der Waals surface area contributed by atoms with E-state index >= 15 is 0 Å². The molecule has 0 aromatic heterocycles. The summed E-state index contributed by atoms with van der Waals surface area (Å²) < 4.78 is 4.92. The highest BCUT2D eigenvalue weighted by atomic mass is 16.5. The van der Waals surface area contributed by atoms with Gasteiger partial charge in [-0.05, 0) is 13.5 Å². The van der Waals surface area contributed by atoms with Crippen molar-refractivity contribution in [3.63, 3.8) is 0 Å². The van der Waals surface area contributed by atoms with Crippen molar-refractivity contribution in [2.45, 2.75) is 38.8 Å². The van der Waals surface area contributed by atoms with Gasteiger partial charge in [-0.15, -0.1) is 0 Å². The van der Waals surface area contributed by atoms with Gasteiger partial charge in [-0.25, -0.2) is 0 Å². The first kappa shape index (κ1) is 16.6. The van der Waals surface area contributed by atoms with Crippen LogP contribution in [0.1, 0.15) is 26.7 Å². The molecule has 0 radical (unpaired) electrons. The Hall–Kier alpha value is -1.40. The maximum atomic E-state index is 11.2. The van der Waals surface area contributed by atoms with Gasteiger partial charge < -0.3 is 20.3 Å². The molecule has 6 heteroatoms. The number of esters is 1. The molecule has 0 spiro atoms. The third-order valence-electron chi connectivity index (χ3n) is 2.24. The number of carboxylic acid groups (broad SMARTS) is 1. The normalized spacial score (nSPS) is 14.4. The SMILES string of the molecule is C/C=C/[C@H](O)[C@H](COC(=O)CCC(=O)O)NCC. The van der Waals surface area contributed by atoms with E-state index in [1.165, 1.54) is 0 Å². The summed E-state index contributed by atoms with van der Waals surface area (Å²) in [4.78, 5) is 21.5. The number of nitrogens with one attached hydrogen (secondary N) is 1. The summed E-state index contributed by atoms with van der Waals surface area (Å²) in [6.07, 6.45) is 2.15. The highest BCUT2D eigenvalue weighted by Crippen LogP contribution is 2.00. The summed E-state index contributed by atoms with van der Waals surface area (Å²) >= 11 is 0. The summed E-state index contributed by atoms with van der Waals surface area (Å²) in [6.45, 7) is 4.30. The Bertz CT molecular complexity index is 290. The molecule has 0 aliphatic rings. The Morgan fingerprint density at radius 2 is 2.06 bits per heavy atom. The summed E-state index contributed by atoms with van der Waals surface area (Å²) in [5.74, 6) is -1.61. The van der Waals surface area contributed by atoms with Gasteiger partial charge >= 0.3 is 11.9 Å².